The van der Waals surface area contributed by atoms with Gasteiger partial charge in [0.15, 0.2) is 0 Å². The van der Waals surface area contributed by atoms with Gasteiger partial charge in [-0.25, -0.2) is 4.98 Å². The van der Waals surface area contributed by atoms with Crippen molar-refractivity contribution >= 4 is 17.2 Å². The van der Waals surface area contributed by atoms with Crippen LogP contribution < -0.4 is 10.6 Å². The zero-order valence-electron chi connectivity index (χ0n) is 11.6. The third kappa shape index (κ3) is 4.58. The Kier molecular flexibility index (Phi) is 5.79. The van der Waals surface area contributed by atoms with Crippen molar-refractivity contribution in [3.8, 4) is 0 Å². The number of amides is 1. The minimum Gasteiger partial charge on any atom is -0.350 e. The highest BCUT2D eigenvalue weighted by Crippen LogP contribution is 2.16. The van der Waals surface area contributed by atoms with Crippen LogP contribution in [-0.2, 0) is 0 Å². The predicted octanol–water partition coefficient (Wildman–Crippen LogP) is 2.49. The van der Waals surface area contributed by atoms with Gasteiger partial charge in [-0.1, -0.05) is 25.7 Å². The predicted molar refractivity (Wildman–Crippen MR) is 78.7 cm³/mol. The summed E-state index contributed by atoms with van der Waals surface area (Å²) in [6.45, 7) is 3.41. The molecule has 0 aromatic carbocycles. The third-order valence-electron chi connectivity index (χ3n) is 3.65. The van der Waals surface area contributed by atoms with E-state index in [1.54, 1.807) is 5.51 Å². The molecule has 1 aromatic heterocycles. The Morgan fingerprint density at radius 3 is 2.68 bits per heavy atom. The van der Waals surface area contributed by atoms with Gasteiger partial charge in [0, 0.05) is 19.1 Å². The summed E-state index contributed by atoms with van der Waals surface area (Å²) in [5, 5.41) is 6.50. The van der Waals surface area contributed by atoms with Crippen LogP contribution in [-0.4, -0.2) is 30.0 Å². The fourth-order valence-electron chi connectivity index (χ4n) is 2.54. The largest absolute Gasteiger partial charge is 0.350 e. The number of carbonyl (C=O) groups is 1. The van der Waals surface area contributed by atoms with E-state index in [0.717, 1.165) is 17.1 Å². The number of carbonyl (C=O) groups excluding carboxylic acids is 1. The summed E-state index contributed by atoms with van der Waals surface area (Å²) < 4.78 is 0. The molecule has 0 unspecified atom stereocenters. The third-order valence-corrected chi connectivity index (χ3v) is 4.58. The molecule has 1 fully saturated rings. The molecule has 1 aliphatic carbocycles. The molecular weight excluding hydrogens is 258 g/mol. The number of aromatic nitrogens is 1. The Bertz CT molecular complexity index is 397. The summed E-state index contributed by atoms with van der Waals surface area (Å²) in [4.78, 5) is 16.7. The number of hydrogen-bond acceptors (Lipinski definition) is 4. The summed E-state index contributed by atoms with van der Waals surface area (Å²) in [6.07, 6.45) is 7.98. The van der Waals surface area contributed by atoms with E-state index in [4.69, 9.17) is 0 Å². The van der Waals surface area contributed by atoms with Gasteiger partial charge >= 0.3 is 0 Å². The number of hydrogen-bond donors (Lipinski definition) is 2. The van der Waals surface area contributed by atoms with Crippen LogP contribution in [0.15, 0.2) is 5.51 Å². The molecule has 1 aliphatic rings. The average molecular weight is 281 g/mol. The fraction of sp³-hybridized carbons (Fsp3) is 0.714. The van der Waals surface area contributed by atoms with Gasteiger partial charge in [-0.3, -0.25) is 4.79 Å². The van der Waals surface area contributed by atoms with Gasteiger partial charge < -0.3 is 10.6 Å². The summed E-state index contributed by atoms with van der Waals surface area (Å²) in [5.41, 5.74) is 2.54. The van der Waals surface area contributed by atoms with Crippen LogP contribution in [0.4, 0.5) is 0 Å². The molecule has 1 saturated carbocycles. The monoisotopic (exact) mass is 281 g/mol. The first kappa shape index (κ1) is 14.5. The first-order valence-electron chi connectivity index (χ1n) is 7.19. The van der Waals surface area contributed by atoms with Crippen molar-refractivity contribution in [2.45, 2.75) is 51.5 Å². The maximum Gasteiger partial charge on any atom is 0.263 e. The minimum atomic E-state index is 0.00247. The topological polar surface area (TPSA) is 54.0 Å². The number of aryl methyl sites for hydroxylation is 1. The number of rotatable bonds is 5. The molecular formula is C14H23N3OS. The smallest absolute Gasteiger partial charge is 0.263 e. The van der Waals surface area contributed by atoms with E-state index >= 15 is 0 Å². The first-order chi connectivity index (χ1) is 9.27. The Hall–Kier alpha value is -0.940. The minimum absolute atomic E-state index is 0.00247. The lowest BCUT2D eigenvalue weighted by Crippen LogP contribution is -2.36. The van der Waals surface area contributed by atoms with Crippen LogP contribution in [0.3, 0.4) is 0 Å². The maximum atomic E-state index is 11.9. The summed E-state index contributed by atoms with van der Waals surface area (Å²) in [5.74, 6) is 0.00247. The van der Waals surface area contributed by atoms with Crippen molar-refractivity contribution in [3.05, 3.63) is 16.1 Å². The van der Waals surface area contributed by atoms with E-state index in [0.29, 0.717) is 12.6 Å². The van der Waals surface area contributed by atoms with E-state index in [1.165, 1.54) is 49.9 Å². The molecule has 19 heavy (non-hydrogen) atoms. The summed E-state index contributed by atoms with van der Waals surface area (Å²) in [7, 11) is 0. The fourth-order valence-corrected chi connectivity index (χ4v) is 3.25. The Balaban J connectivity index is 1.64. The van der Waals surface area contributed by atoms with Crippen molar-refractivity contribution in [2.24, 2.45) is 0 Å². The molecule has 1 heterocycles. The standard InChI is InChI=1S/C14H23N3OS/c1-11-13(19-10-17-11)14(18)16-9-8-15-12-6-4-2-3-5-7-12/h10,12,15H,2-9H2,1H3,(H,16,18). The highest BCUT2D eigenvalue weighted by Gasteiger charge is 2.12. The number of nitrogens with zero attached hydrogens (tertiary/aromatic N) is 1. The molecule has 0 radical (unpaired) electrons. The van der Waals surface area contributed by atoms with Gasteiger partial charge in [0.2, 0.25) is 0 Å². The van der Waals surface area contributed by atoms with Crippen LogP contribution in [0.25, 0.3) is 0 Å². The van der Waals surface area contributed by atoms with Crippen LogP contribution in [0.1, 0.15) is 53.9 Å². The zero-order valence-corrected chi connectivity index (χ0v) is 12.4. The SMILES string of the molecule is Cc1ncsc1C(=O)NCCNC1CCCCCC1. The van der Waals surface area contributed by atoms with Crippen LogP contribution in [0, 0.1) is 6.92 Å². The van der Waals surface area contributed by atoms with Crippen molar-refractivity contribution in [1.29, 1.82) is 0 Å². The van der Waals surface area contributed by atoms with E-state index in [-0.39, 0.29) is 5.91 Å². The molecule has 2 rings (SSSR count). The van der Waals surface area contributed by atoms with Crippen molar-refractivity contribution in [2.75, 3.05) is 13.1 Å². The van der Waals surface area contributed by atoms with E-state index in [1.807, 2.05) is 6.92 Å². The van der Waals surface area contributed by atoms with Gasteiger partial charge in [0.05, 0.1) is 11.2 Å². The highest BCUT2D eigenvalue weighted by molar-refractivity contribution is 7.11. The van der Waals surface area contributed by atoms with E-state index < -0.39 is 0 Å². The van der Waals surface area contributed by atoms with Gasteiger partial charge in [0.1, 0.15) is 4.88 Å². The molecule has 0 atom stereocenters. The molecule has 2 N–H and O–H groups in total. The molecule has 0 aliphatic heterocycles. The lowest BCUT2D eigenvalue weighted by Gasteiger charge is -2.16. The Morgan fingerprint density at radius 1 is 1.32 bits per heavy atom. The molecule has 0 saturated heterocycles. The first-order valence-corrected chi connectivity index (χ1v) is 8.07. The molecule has 5 heteroatoms. The normalized spacial score (nSPS) is 17.1. The van der Waals surface area contributed by atoms with Crippen LogP contribution in [0.5, 0.6) is 0 Å². The van der Waals surface area contributed by atoms with Crippen molar-refractivity contribution in [3.63, 3.8) is 0 Å². The second-order valence-electron chi connectivity index (χ2n) is 5.17. The highest BCUT2D eigenvalue weighted by atomic mass is 32.1. The van der Waals surface area contributed by atoms with E-state index in [2.05, 4.69) is 15.6 Å². The summed E-state index contributed by atoms with van der Waals surface area (Å²) in [6, 6.07) is 0.643. The number of nitrogens with one attached hydrogen (secondary N) is 2. The van der Waals surface area contributed by atoms with Gasteiger partial charge in [-0.15, -0.1) is 11.3 Å². The van der Waals surface area contributed by atoms with Gasteiger partial charge in [-0.2, -0.15) is 0 Å². The van der Waals surface area contributed by atoms with Gasteiger partial charge in [0.25, 0.3) is 5.91 Å². The van der Waals surface area contributed by atoms with Crippen molar-refractivity contribution in [1.82, 2.24) is 15.6 Å². The molecule has 1 amide bonds. The maximum absolute atomic E-state index is 11.9. The molecule has 0 spiro atoms. The summed E-state index contributed by atoms with van der Waals surface area (Å²) >= 11 is 1.40. The lowest BCUT2D eigenvalue weighted by molar-refractivity contribution is 0.0956. The second kappa shape index (κ2) is 7.60. The van der Waals surface area contributed by atoms with Gasteiger partial charge in [-0.05, 0) is 19.8 Å². The quantitative estimate of drug-likeness (QED) is 0.644. The molecule has 106 valence electrons. The lowest BCUT2D eigenvalue weighted by atomic mass is 10.1. The van der Waals surface area contributed by atoms with Crippen molar-refractivity contribution < 1.29 is 4.79 Å². The van der Waals surface area contributed by atoms with Crippen LogP contribution >= 0.6 is 11.3 Å². The number of thiazole rings is 1. The Labute approximate surface area is 119 Å². The second-order valence-corrected chi connectivity index (χ2v) is 6.02. The van der Waals surface area contributed by atoms with Crippen LogP contribution in [0.2, 0.25) is 0 Å². The zero-order chi connectivity index (χ0) is 13.5. The molecule has 4 nitrogen and oxygen atoms in total. The van der Waals surface area contributed by atoms with E-state index in [9.17, 15) is 4.79 Å². The molecule has 1 aromatic rings. The molecule has 0 bridgehead atoms. The average Bonchev–Trinajstić information content (AvgIpc) is 2.68. The Morgan fingerprint density at radius 2 is 2.05 bits per heavy atom.